The molecule has 0 aliphatic rings. The van der Waals surface area contributed by atoms with Gasteiger partial charge in [0.2, 0.25) is 0 Å². The number of para-hydroxylation sites is 1. The summed E-state index contributed by atoms with van der Waals surface area (Å²) in [6, 6.07) is 7.19. The van der Waals surface area contributed by atoms with Crippen molar-refractivity contribution in [3.63, 3.8) is 0 Å². The van der Waals surface area contributed by atoms with Crippen molar-refractivity contribution in [2.24, 2.45) is 0 Å². The van der Waals surface area contributed by atoms with E-state index in [1.54, 1.807) is 19.1 Å². The second-order valence-electron chi connectivity index (χ2n) is 5.13. The third-order valence-electron chi connectivity index (χ3n) is 3.30. The summed E-state index contributed by atoms with van der Waals surface area (Å²) in [5.74, 6) is -3.64. The van der Waals surface area contributed by atoms with Gasteiger partial charge in [0.05, 0.1) is 5.69 Å². The zero-order valence-corrected chi connectivity index (χ0v) is 13.0. The normalized spacial score (nSPS) is 11.7. The first-order valence-corrected chi connectivity index (χ1v) is 7.05. The fraction of sp³-hybridized carbons (Fsp3) is 0.176. The molecule has 0 saturated heterocycles. The number of benzene rings is 2. The molecule has 126 valence electrons. The van der Waals surface area contributed by atoms with E-state index in [9.17, 15) is 23.5 Å². The van der Waals surface area contributed by atoms with Crippen LogP contribution in [0.15, 0.2) is 36.4 Å². The lowest BCUT2D eigenvalue weighted by atomic mass is 10.1. The Bertz CT molecular complexity index is 792. The maximum absolute atomic E-state index is 13.5. The van der Waals surface area contributed by atoms with E-state index in [1.807, 2.05) is 0 Å². The van der Waals surface area contributed by atoms with Gasteiger partial charge in [-0.2, -0.15) is 0 Å². The van der Waals surface area contributed by atoms with Gasteiger partial charge in [-0.25, -0.2) is 13.6 Å². The minimum absolute atomic E-state index is 0.0809. The van der Waals surface area contributed by atoms with E-state index in [0.717, 1.165) is 12.1 Å². The van der Waals surface area contributed by atoms with Gasteiger partial charge in [0.15, 0.2) is 6.10 Å². The highest BCUT2D eigenvalue weighted by Gasteiger charge is 2.22. The topological polar surface area (TPSA) is 75.6 Å². The molecular formula is C17H15F2NO4. The van der Waals surface area contributed by atoms with Crippen LogP contribution in [0.1, 0.15) is 22.8 Å². The van der Waals surface area contributed by atoms with Crippen LogP contribution in [-0.4, -0.2) is 23.1 Å². The second-order valence-corrected chi connectivity index (χ2v) is 5.13. The number of nitrogens with one attached hydrogen (secondary N) is 1. The van der Waals surface area contributed by atoms with Crippen molar-refractivity contribution >= 4 is 17.6 Å². The SMILES string of the molecule is Cc1cccc(C(=O)OC(C)C(=O)Nc2ccc(F)cc2F)c1O. The number of phenolic OH excluding ortho intramolecular Hbond substituents is 1. The van der Waals surface area contributed by atoms with Crippen LogP contribution in [0.5, 0.6) is 5.75 Å². The lowest BCUT2D eigenvalue weighted by Crippen LogP contribution is -2.30. The number of hydrogen-bond donors (Lipinski definition) is 2. The number of amides is 1. The van der Waals surface area contributed by atoms with Crippen LogP contribution in [0, 0.1) is 18.6 Å². The maximum Gasteiger partial charge on any atom is 0.342 e. The molecule has 5 nitrogen and oxygen atoms in total. The molecule has 0 radical (unpaired) electrons. The van der Waals surface area contributed by atoms with Crippen molar-refractivity contribution in [2.45, 2.75) is 20.0 Å². The van der Waals surface area contributed by atoms with Crippen LogP contribution in [0.2, 0.25) is 0 Å². The molecule has 1 amide bonds. The molecule has 2 aromatic rings. The summed E-state index contributed by atoms with van der Waals surface area (Å²) in [6.07, 6.45) is -1.25. The van der Waals surface area contributed by atoms with Gasteiger partial charge >= 0.3 is 5.97 Å². The Morgan fingerprint density at radius 2 is 1.92 bits per heavy atom. The van der Waals surface area contributed by atoms with Gasteiger partial charge in [0, 0.05) is 6.07 Å². The minimum Gasteiger partial charge on any atom is -0.507 e. The summed E-state index contributed by atoms with van der Waals surface area (Å²) in [7, 11) is 0. The zero-order chi connectivity index (χ0) is 17.9. The number of aryl methyl sites for hydroxylation is 1. The van der Waals surface area contributed by atoms with Gasteiger partial charge in [-0.15, -0.1) is 0 Å². The first kappa shape index (κ1) is 17.4. The third kappa shape index (κ3) is 3.87. The van der Waals surface area contributed by atoms with E-state index in [0.29, 0.717) is 11.6 Å². The van der Waals surface area contributed by atoms with Crippen LogP contribution in [0.25, 0.3) is 0 Å². The van der Waals surface area contributed by atoms with Crippen molar-refractivity contribution in [1.82, 2.24) is 0 Å². The van der Waals surface area contributed by atoms with Crippen molar-refractivity contribution in [2.75, 3.05) is 5.32 Å². The average Bonchev–Trinajstić information content (AvgIpc) is 2.52. The molecule has 2 aromatic carbocycles. The van der Waals surface area contributed by atoms with Gasteiger partial charge in [0.1, 0.15) is 22.9 Å². The first-order valence-electron chi connectivity index (χ1n) is 7.05. The molecule has 0 heterocycles. The number of hydrogen-bond acceptors (Lipinski definition) is 4. The molecule has 1 unspecified atom stereocenters. The summed E-state index contributed by atoms with van der Waals surface area (Å²) in [4.78, 5) is 24.0. The minimum atomic E-state index is -1.25. The standard InChI is InChI=1S/C17H15F2NO4/c1-9-4-3-5-12(15(9)21)17(23)24-10(2)16(22)20-14-7-6-11(18)8-13(14)19/h3-8,10,21H,1-2H3,(H,20,22). The van der Waals surface area contributed by atoms with Crippen LogP contribution >= 0.6 is 0 Å². The average molecular weight is 335 g/mol. The molecule has 0 aromatic heterocycles. The summed E-state index contributed by atoms with van der Waals surface area (Å²) in [5, 5.41) is 12.0. The summed E-state index contributed by atoms with van der Waals surface area (Å²) in [6.45, 7) is 2.90. The number of aromatic hydroxyl groups is 1. The van der Waals surface area contributed by atoms with Crippen LogP contribution < -0.4 is 5.32 Å². The number of phenols is 1. The molecule has 0 aliphatic heterocycles. The smallest absolute Gasteiger partial charge is 0.342 e. The molecule has 0 saturated carbocycles. The molecule has 2 N–H and O–H groups in total. The number of rotatable bonds is 4. The van der Waals surface area contributed by atoms with E-state index in [1.165, 1.54) is 13.0 Å². The van der Waals surface area contributed by atoms with Gasteiger partial charge in [0.25, 0.3) is 5.91 Å². The number of halogens is 2. The van der Waals surface area contributed by atoms with E-state index in [2.05, 4.69) is 5.32 Å². The number of carbonyl (C=O) groups is 2. The predicted octanol–water partition coefficient (Wildman–Crippen LogP) is 3.16. The second kappa shape index (κ2) is 7.08. The fourth-order valence-corrected chi connectivity index (χ4v) is 1.93. The molecule has 0 aliphatic carbocycles. The van der Waals surface area contributed by atoms with E-state index < -0.39 is 29.6 Å². The van der Waals surface area contributed by atoms with E-state index in [-0.39, 0.29) is 17.0 Å². The third-order valence-corrected chi connectivity index (χ3v) is 3.30. The highest BCUT2D eigenvalue weighted by molar-refractivity contribution is 5.98. The van der Waals surface area contributed by atoms with E-state index in [4.69, 9.17) is 4.74 Å². The van der Waals surface area contributed by atoms with Gasteiger partial charge in [-0.3, -0.25) is 4.79 Å². The Hall–Kier alpha value is -2.96. The van der Waals surface area contributed by atoms with Crippen LogP contribution in [-0.2, 0) is 9.53 Å². The Kier molecular flexibility index (Phi) is 5.13. The van der Waals surface area contributed by atoms with Gasteiger partial charge in [-0.05, 0) is 37.6 Å². The van der Waals surface area contributed by atoms with Crippen molar-refractivity contribution in [3.8, 4) is 5.75 Å². The fourth-order valence-electron chi connectivity index (χ4n) is 1.93. The Labute approximate surface area is 136 Å². The molecule has 0 bridgehead atoms. The number of carbonyl (C=O) groups excluding carboxylic acids is 2. The number of ether oxygens (including phenoxy) is 1. The van der Waals surface area contributed by atoms with Crippen LogP contribution in [0.4, 0.5) is 14.5 Å². The quantitative estimate of drug-likeness (QED) is 0.842. The number of esters is 1. The highest BCUT2D eigenvalue weighted by atomic mass is 19.1. The van der Waals surface area contributed by atoms with Crippen molar-refractivity contribution in [3.05, 3.63) is 59.2 Å². The van der Waals surface area contributed by atoms with Crippen molar-refractivity contribution in [1.29, 1.82) is 0 Å². The largest absolute Gasteiger partial charge is 0.507 e. The summed E-state index contributed by atoms with van der Waals surface area (Å²) in [5.41, 5.74) is 0.167. The summed E-state index contributed by atoms with van der Waals surface area (Å²) >= 11 is 0. The lowest BCUT2D eigenvalue weighted by Gasteiger charge is -2.14. The van der Waals surface area contributed by atoms with Crippen LogP contribution in [0.3, 0.4) is 0 Å². The lowest BCUT2D eigenvalue weighted by molar-refractivity contribution is -0.123. The van der Waals surface area contributed by atoms with E-state index >= 15 is 0 Å². The zero-order valence-electron chi connectivity index (χ0n) is 13.0. The highest BCUT2D eigenvalue weighted by Crippen LogP contribution is 2.23. The molecule has 0 spiro atoms. The molecule has 1 atom stereocenters. The molecule has 0 fully saturated rings. The Morgan fingerprint density at radius 3 is 2.58 bits per heavy atom. The molecule has 7 heteroatoms. The first-order chi connectivity index (χ1) is 11.3. The Morgan fingerprint density at radius 1 is 1.21 bits per heavy atom. The predicted molar refractivity (Wildman–Crippen MR) is 82.7 cm³/mol. The monoisotopic (exact) mass is 335 g/mol. The Balaban J connectivity index is 2.06. The van der Waals surface area contributed by atoms with Crippen molar-refractivity contribution < 1.29 is 28.2 Å². The maximum atomic E-state index is 13.5. The molecule has 2 rings (SSSR count). The molecular weight excluding hydrogens is 320 g/mol. The molecule has 24 heavy (non-hydrogen) atoms. The number of anilines is 1. The van der Waals surface area contributed by atoms with Gasteiger partial charge in [-0.1, -0.05) is 12.1 Å². The summed E-state index contributed by atoms with van der Waals surface area (Å²) < 4.78 is 31.3. The van der Waals surface area contributed by atoms with Gasteiger partial charge < -0.3 is 15.2 Å².